The largest absolute Gasteiger partial charge is 0.507 e. The lowest BCUT2D eigenvalue weighted by atomic mass is 9.89. The summed E-state index contributed by atoms with van der Waals surface area (Å²) in [6, 6.07) is 11.9. The lowest BCUT2D eigenvalue weighted by Crippen LogP contribution is -1.99. The van der Waals surface area contributed by atoms with Crippen molar-refractivity contribution in [3.8, 4) is 16.9 Å². The molecule has 0 aliphatic heterocycles. The molecule has 0 radical (unpaired) electrons. The predicted octanol–water partition coefficient (Wildman–Crippen LogP) is 5.42. The molecule has 1 N–H and O–H groups in total. The Morgan fingerprint density at radius 1 is 1.15 bits per heavy atom. The van der Waals surface area contributed by atoms with Gasteiger partial charge in [-0.25, -0.2) is 0 Å². The van der Waals surface area contributed by atoms with E-state index in [-0.39, 0.29) is 0 Å². The Balaban J connectivity index is 2.71. The molecule has 0 aromatic heterocycles. The molecule has 0 saturated carbocycles. The first-order valence-corrected chi connectivity index (χ1v) is 7.64. The molecule has 106 valence electrons. The molecule has 0 aliphatic rings. The fourth-order valence-corrected chi connectivity index (χ4v) is 3.21. The van der Waals surface area contributed by atoms with Crippen LogP contribution in [0.2, 0.25) is 0 Å². The van der Waals surface area contributed by atoms with Crippen LogP contribution in [0.1, 0.15) is 44.2 Å². The predicted molar refractivity (Wildman–Crippen MR) is 88.9 cm³/mol. The van der Waals surface area contributed by atoms with Gasteiger partial charge in [0.1, 0.15) is 5.75 Å². The standard InChI is InChI=1S/C18H22OS/c1-4-8-14-11-15(19)17(13-9-6-5-7-10-13)16(12(2)3)18(14)20/h5-7,9-12,19-20H,4,8H2,1-3H3. The number of hydrogen-bond donors (Lipinski definition) is 2. The van der Waals surface area contributed by atoms with E-state index in [1.54, 1.807) is 0 Å². The zero-order chi connectivity index (χ0) is 14.7. The molecule has 0 fully saturated rings. The first-order valence-electron chi connectivity index (χ1n) is 7.19. The summed E-state index contributed by atoms with van der Waals surface area (Å²) in [6.45, 7) is 6.44. The van der Waals surface area contributed by atoms with E-state index in [1.807, 2.05) is 36.4 Å². The molecule has 0 amide bonds. The van der Waals surface area contributed by atoms with Gasteiger partial charge >= 0.3 is 0 Å². The van der Waals surface area contributed by atoms with E-state index in [2.05, 4.69) is 20.8 Å². The van der Waals surface area contributed by atoms with Crippen LogP contribution in [-0.4, -0.2) is 5.11 Å². The van der Waals surface area contributed by atoms with Gasteiger partial charge in [-0.05, 0) is 35.1 Å². The molecule has 0 atom stereocenters. The minimum atomic E-state index is 0.320. The van der Waals surface area contributed by atoms with Crippen molar-refractivity contribution in [2.45, 2.75) is 44.4 Å². The average Bonchev–Trinajstić information content (AvgIpc) is 2.43. The Labute approximate surface area is 127 Å². The lowest BCUT2D eigenvalue weighted by Gasteiger charge is -2.20. The highest BCUT2D eigenvalue weighted by Crippen LogP contribution is 2.42. The first-order chi connectivity index (χ1) is 9.56. The number of thiol groups is 1. The van der Waals surface area contributed by atoms with Crippen molar-refractivity contribution < 1.29 is 5.11 Å². The number of phenols is 1. The van der Waals surface area contributed by atoms with E-state index in [4.69, 9.17) is 12.6 Å². The minimum Gasteiger partial charge on any atom is -0.507 e. The van der Waals surface area contributed by atoms with Crippen LogP contribution >= 0.6 is 12.6 Å². The van der Waals surface area contributed by atoms with Crippen LogP contribution in [0.25, 0.3) is 11.1 Å². The Kier molecular flexibility index (Phi) is 4.77. The molecule has 0 aliphatic carbocycles. The summed E-state index contributed by atoms with van der Waals surface area (Å²) in [5.74, 6) is 0.682. The van der Waals surface area contributed by atoms with Crippen molar-refractivity contribution in [2.75, 3.05) is 0 Å². The van der Waals surface area contributed by atoms with Gasteiger partial charge in [0.15, 0.2) is 0 Å². The number of rotatable bonds is 4. The van der Waals surface area contributed by atoms with Gasteiger partial charge in [0.05, 0.1) is 0 Å². The highest BCUT2D eigenvalue weighted by atomic mass is 32.1. The molecule has 2 aromatic carbocycles. The van der Waals surface area contributed by atoms with Crippen LogP contribution in [-0.2, 0) is 6.42 Å². The summed E-state index contributed by atoms with van der Waals surface area (Å²) in [5.41, 5.74) is 4.25. The molecule has 0 saturated heterocycles. The Morgan fingerprint density at radius 3 is 2.35 bits per heavy atom. The van der Waals surface area contributed by atoms with Crippen molar-refractivity contribution in [1.82, 2.24) is 0 Å². The zero-order valence-corrected chi connectivity index (χ0v) is 13.2. The van der Waals surface area contributed by atoms with E-state index in [0.29, 0.717) is 11.7 Å². The van der Waals surface area contributed by atoms with Gasteiger partial charge in [-0.15, -0.1) is 12.6 Å². The van der Waals surface area contributed by atoms with Crippen LogP contribution in [0.15, 0.2) is 41.3 Å². The molecule has 0 bridgehead atoms. The number of aromatic hydroxyl groups is 1. The average molecular weight is 286 g/mol. The van der Waals surface area contributed by atoms with Crippen LogP contribution in [0.5, 0.6) is 5.75 Å². The van der Waals surface area contributed by atoms with E-state index in [1.165, 1.54) is 0 Å². The van der Waals surface area contributed by atoms with Crippen molar-refractivity contribution in [1.29, 1.82) is 0 Å². The summed E-state index contributed by atoms with van der Waals surface area (Å²) >= 11 is 4.74. The topological polar surface area (TPSA) is 20.2 Å². The molecular formula is C18H22OS. The highest BCUT2D eigenvalue weighted by molar-refractivity contribution is 7.80. The van der Waals surface area contributed by atoms with E-state index in [0.717, 1.165) is 40.0 Å². The molecule has 0 heterocycles. The summed E-state index contributed by atoms with van der Waals surface area (Å²) < 4.78 is 0. The minimum absolute atomic E-state index is 0.320. The molecule has 20 heavy (non-hydrogen) atoms. The molecular weight excluding hydrogens is 264 g/mol. The van der Waals surface area contributed by atoms with Gasteiger partial charge < -0.3 is 5.11 Å². The SMILES string of the molecule is CCCc1cc(O)c(-c2ccccc2)c(C(C)C)c1S. The van der Waals surface area contributed by atoms with Gasteiger partial charge in [0, 0.05) is 10.5 Å². The first kappa shape index (κ1) is 15.0. The second-order valence-electron chi connectivity index (χ2n) is 5.46. The Morgan fingerprint density at radius 2 is 1.80 bits per heavy atom. The second-order valence-corrected chi connectivity index (χ2v) is 5.91. The van der Waals surface area contributed by atoms with Gasteiger partial charge in [0.2, 0.25) is 0 Å². The zero-order valence-electron chi connectivity index (χ0n) is 12.4. The fourth-order valence-electron chi connectivity index (χ4n) is 2.67. The number of hydrogen-bond acceptors (Lipinski definition) is 2. The van der Waals surface area contributed by atoms with Gasteiger partial charge in [0.25, 0.3) is 0 Å². The molecule has 2 aromatic rings. The quantitative estimate of drug-likeness (QED) is 0.719. The third-order valence-electron chi connectivity index (χ3n) is 3.55. The fraction of sp³-hybridized carbons (Fsp3) is 0.333. The van der Waals surface area contributed by atoms with Crippen molar-refractivity contribution in [3.05, 3.63) is 47.5 Å². The molecule has 0 unspecified atom stereocenters. The second kappa shape index (κ2) is 6.36. The highest BCUT2D eigenvalue weighted by Gasteiger charge is 2.19. The maximum Gasteiger partial charge on any atom is 0.124 e. The van der Waals surface area contributed by atoms with E-state index < -0.39 is 0 Å². The molecule has 2 heteroatoms. The molecule has 1 nitrogen and oxygen atoms in total. The third kappa shape index (κ3) is 2.85. The van der Waals surface area contributed by atoms with Crippen molar-refractivity contribution in [2.24, 2.45) is 0 Å². The van der Waals surface area contributed by atoms with Crippen LogP contribution in [0.4, 0.5) is 0 Å². The molecule has 2 rings (SSSR count). The molecule has 0 spiro atoms. The monoisotopic (exact) mass is 286 g/mol. The number of aryl methyl sites for hydroxylation is 1. The van der Waals surface area contributed by atoms with Crippen molar-refractivity contribution >= 4 is 12.6 Å². The lowest BCUT2D eigenvalue weighted by molar-refractivity contribution is 0.474. The van der Waals surface area contributed by atoms with Crippen LogP contribution in [0.3, 0.4) is 0 Å². The van der Waals surface area contributed by atoms with Crippen molar-refractivity contribution in [3.63, 3.8) is 0 Å². The van der Waals surface area contributed by atoms with E-state index >= 15 is 0 Å². The van der Waals surface area contributed by atoms with Crippen LogP contribution in [0, 0.1) is 0 Å². The normalized spacial score (nSPS) is 11.1. The Hall–Kier alpha value is -1.41. The summed E-state index contributed by atoms with van der Waals surface area (Å²) in [5, 5.41) is 10.5. The van der Waals surface area contributed by atoms with Gasteiger partial charge in [-0.2, -0.15) is 0 Å². The van der Waals surface area contributed by atoms with Crippen LogP contribution < -0.4 is 0 Å². The number of phenolic OH excluding ortho intramolecular Hbond substituents is 1. The summed E-state index contributed by atoms with van der Waals surface area (Å²) in [4.78, 5) is 1.03. The van der Waals surface area contributed by atoms with Gasteiger partial charge in [-0.3, -0.25) is 0 Å². The third-order valence-corrected chi connectivity index (χ3v) is 4.08. The maximum atomic E-state index is 10.5. The smallest absolute Gasteiger partial charge is 0.124 e. The van der Waals surface area contributed by atoms with Gasteiger partial charge in [-0.1, -0.05) is 57.5 Å². The number of benzene rings is 2. The summed E-state index contributed by atoms with van der Waals surface area (Å²) in [7, 11) is 0. The summed E-state index contributed by atoms with van der Waals surface area (Å²) in [6.07, 6.45) is 2.00. The Bertz CT molecular complexity index is 588. The maximum absolute atomic E-state index is 10.5. The van der Waals surface area contributed by atoms with E-state index in [9.17, 15) is 5.11 Å².